The number of fused-ring (bicyclic) bond motifs is 3. The van der Waals surface area contributed by atoms with Crippen molar-refractivity contribution < 1.29 is 0 Å². The maximum Gasteiger partial charge on any atom is 0.272 e. The van der Waals surface area contributed by atoms with Crippen LogP contribution in [0.15, 0.2) is 23.1 Å². The average molecular weight is 364 g/mol. The van der Waals surface area contributed by atoms with E-state index in [1.807, 2.05) is 26.1 Å². The second-order valence-electron chi connectivity index (χ2n) is 8.10. The van der Waals surface area contributed by atoms with E-state index in [0.29, 0.717) is 12.2 Å². The summed E-state index contributed by atoms with van der Waals surface area (Å²) in [7, 11) is 0. The first-order valence-electron chi connectivity index (χ1n) is 9.66. The smallest absolute Gasteiger partial charge is 0.272 e. The van der Waals surface area contributed by atoms with Crippen LogP contribution in [0, 0.1) is 13.8 Å². The summed E-state index contributed by atoms with van der Waals surface area (Å²) in [6, 6.07) is 3.56. The highest BCUT2D eigenvalue weighted by Gasteiger charge is 2.43. The summed E-state index contributed by atoms with van der Waals surface area (Å²) in [5.41, 5.74) is 5.11. The lowest BCUT2D eigenvalue weighted by molar-refractivity contribution is 0.135. The summed E-state index contributed by atoms with van der Waals surface area (Å²) in [4.78, 5) is 28.7. The van der Waals surface area contributed by atoms with Crippen LogP contribution in [-0.2, 0) is 18.4 Å². The molecular weight excluding hydrogens is 340 g/mol. The maximum absolute atomic E-state index is 12.4. The van der Waals surface area contributed by atoms with Gasteiger partial charge in [0.05, 0.1) is 11.4 Å². The van der Waals surface area contributed by atoms with Crippen LogP contribution in [0.25, 0.3) is 5.65 Å². The molecule has 140 valence electrons. The van der Waals surface area contributed by atoms with Crippen molar-refractivity contribution in [2.75, 3.05) is 13.1 Å². The second kappa shape index (κ2) is 5.99. The molecule has 0 radical (unpaired) electrons. The summed E-state index contributed by atoms with van der Waals surface area (Å²) < 4.78 is 1.50. The van der Waals surface area contributed by atoms with Crippen molar-refractivity contribution >= 4 is 5.65 Å². The molecule has 3 aromatic rings. The fourth-order valence-corrected chi connectivity index (χ4v) is 4.86. The highest BCUT2D eigenvalue weighted by molar-refractivity contribution is 5.39. The van der Waals surface area contributed by atoms with E-state index >= 15 is 0 Å². The Labute approximate surface area is 157 Å². The molecule has 0 bridgehead atoms. The van der Waals surface area contributed by atoms with Crippen LogP contribution >= 0.6 is 0 Å². The van der Waals surface area contributed by atoms with E-state index < -0.39 is 0 Å². The van der Waals surface area contributed by atoms with E-state index in [4.69, 9.17) is 4.98 Å². The molecule has 0 amide bonds. The van der Waals surface area contributed by atoms with Crippen molar-refractivity contribution in [3.63, 3.8) is 0 Å². The number of aromatic amines is 1. The topological polar surface area (TPSA) is 79.2 Å². The summed E-state index contributed by atoms with van der Waals surface area (Å²) in [6.07, 6.45) is 6.54. The molecule has 1 spiro atoms. The van der Waals surface area contributed by atoms with Crippen LogP contribution in [0.2, 0.25) is 0 Å². The molecule has 27 heavy (non-hydrogen) atoms. The van der Waals surface area contributed by atoms with Gasteiger partial charge in [-0.15, -0.1) is 0 Å². The SMILES string of the molecule is Cc1ncc2c(n1)C1(CCCN(Cc3cc(=O)n4[nH]c(C)cc4n3)C1)CC2. The number of aryl methyl sites for hydroxylation is 3. The molecule has 0 saturated carbocycles. The molecule has 4 heterocycles. The second-order valence-corrected chi connectivity index (χ2v) is 8.10. The zero-order valence-corrected chi connectivity index (χ0v) is 15.8. The zero-order chi connectivity index (χ0) is 18.6. The minimum absolute atomic E-state index is 0.0515. The van der Waals surface area contributed by atoms with Gasteiger partial charge in [-0.2, -0.15) is 0 Å². The Bertz CT molecular complexity index is 1080. The fourth-order valence-electron chi connectivity index (χ4n) is 4.86. The molecule has 5 rings (SSSR count). The minimum atomic E-state index is -0.0515. The summed E-state index contributed by atoms with van der Waals surface area (Å²) in [6.45, 7) is 6.62. The number of piperidine rings is 1. The molecule has 2 aliphatic rings. The van der Waals surface area contributed by atoms with E-state index in [1.54, 1.807) is 6.07 Å². The van der Waals surface area contributed by atoms with E-state index in [-0.39, 0.29) is 11.0 Å². The monoisotopic (exact) mass is 364 g/mol. The van der Waals surface area contributed by atoms with Crippen LogP contribution in [0.4, 0.5) is 0 Å². The van der Waals surface area contributed by atoms with Gasteiger partial charge >= 0.3 is 0 Å². The van der Waals surface area contributed by atoms with Crippen molar-refractivity contribution in [1.29, 1.82) is 0 Å². The van der Waals surface area contributed by atoms with Crippen molar-refractivity contribution in [3.8, 4) is 0 Å². The van der Waals surface area contributed by atoms with Crippen LogP contribution in [0.3, 0.4) is 0 Å². The largest absolute Gasteiger partial charge is 0.297 e. The zero-order valence-electron chi connectivity index (χ0n) is 15.8. The third-order valence-electron chi connectivity index (χ3n) is 6.03. The number of aromatic nitrogens is 5. The molecule has 1 unspecified atom stereocenters. The predicted molar refractivity (Wildman–Crippen MR) is 102 cm³/mol. The van der Waals surface area contributed by atoms with Gasteiger partial charge in [0.15, 0.2) is 5.65 Å². The molecule has 1 saturated heterocycles. The van der Waals surface area contributed by atoms with Crippen molar-refractivity contribution in [2.24, 2.45) is 0 Å². The molecule has 7 nitrogen and oxygen atoms in total. The normalized spacial score (nSPS) is 22.6. The third-order valence-corrected chi connectivity index (χ3v) is 6.03. The van der Waals surface area contributed by atoms with Gasteiger partial charge in [0, 0.05) is 42.5 Å². The van der Waals surface area contributed by atoms with Gasteiger partial charge in [-0.25, -0.2) is 19.5 Å². The molecule has 1 aliphatic heterocycles. The molecular formula is C20H24N6O. The highest BCUT2D eigenvalue weighted by atomic mass is 16.1. The van der Waals surface area contributed by atoms with Crippen LogP contribution < -0.4 is 5.56 Å². The average Bonchev–Trinajstić information content (AvgIpc) is 3.16. The molecule has 1 N–H and O–H groups in total. The Balaban J connectivity index is 1.43. The summed E-state index contributed by atoms with van der Waals surface area (Å²) in [5, 5.41) is 3.03. The molecule has 1 atom stereocenters. The predicted octanol–water partition coefficient (Wildman–Crippen LogP) is 1.91. The molecule has 1 aliphatic carbocycles. The van der Waals surface area contributed by atoms with Crippen LogP contribution in [0.5, 0.6) is 0 Å². The lowest BCUT2D eigenvalue weighted by atomic mass is 9.77. The number of H-pyrrole nitrogens is 1. The molecule has 7 heteroatoms. The third kappa shape index (κ3) is 2.77. The number of rotatable bonds is 2. The van der Waals surface area contributed by atoms with Gasteiger partial charge in [-0.3, -0.25) is 14.8 Å². The van der Waals surface area contributed by atoms with Crippen molar-refractivity contribution in [1.82, 2.24) is 29.5 Å². The van der Waals surface area contributed by atoms with Gasteiger partial charge in [0.1, 0.15) is 5.82 Å². The Morgan fingerprint density at radius 1 is 1.22 bits per heavy atom. The maximum atomic E-state index is 12.4. The van der Waals surface area contributed by atoms with Crippen LogP contribution in [-0.4, -0.2) is 42.6 Å². The Hall–Kier alpha value is -2.54. The standard InChI is InChI=1S/C20H24N6O/c1-13-8-17-23-16(9-18(27)26(17)24-13)11-25-7-3-5-20(12-25)6-4-15-10-21-14(2)22-19(15)20/h8-10,24H,3-7,11-12H2,1-2H3. The number of nitrogens with zero attached hydrogens (tertiary/aromatic N) is 5. The fraction of sp³-hybridized carbons (Fsp3) is 0.500. The Morgan fingerprint density at radius 3 is 3.00 bits per heavy atom. The Morgan fingerprint density at radius 2 is 2.11 bits per heavy atom. The molecule has 3 aromatic heterocycles. The number of likely N-dealkylation sites (tertiary alicyclic amines) is 1. The van der Waals surface area contributed by atoms with Gasteiger partial charge < -0.3 is 0 Å². The van der Waals surface area contributed by atoms with Gasteiger partial charge in [-0.1, -0.05) is 0 Å². The van der Waals surface area contributed by atoms with Gasteiger partial charge in [0.25, 0.3) is 5.56 Å². The van der Waals surface area contributed by atoms with Crippen molar-refractivity contribution in [2.45, 2.75) is 51.5 Å². The first-order chi connectivity index (χ1) is 13.0. The minimum Gasteiger partial charge on any atom is -0.297 e. The first-order valence-corrected chi connectivity index (χ1v) is 9.66. The van der Waals surface area contributed by atoms with Crippen LogP contribution in [0.1, 0.15) is 47.7 Å². The number of hydrogen-bond donors (Lipinski definition) is 1. The van der Waals surface area contributed by atoms with Gasteiger partial charge in [-0.05, 0) is 51.6 Å². The number of hydrogen-bond acceptors (Lipinski definition) is 5. The summed E-state index contributed by atoms with van der Waals surface area (Å²) >= 11 is 0. The van der Waals surface area contributed by atoms with E-state index in [0.717, 1.165) is 49.6 Å². The lowest BCUT2D eigenvalue weighted by Crippen LogP contribution is -2.45. The summed E-state index contributed by atoms with van der Waals surface area (Å²) in [5.74, 6) is 0.857. The number of nitrogens with one attached hydrogen (secondary N) is 1. The molecule has 0 aromatic carbocycles. The highest BCUT2D eigenvalue weighted by Crippen LogP contribution is 2.43. The van der Waals surface area contributed by atoms with E-state index in [2.05, 4.69) is 20.0 Å². The van der Waals surface area contributed by atoms with Gasteiger partial charge in [0.2, 0.25) is 0 Å². The van der Waals surface area contributed by atoms with Crippen molar-refractivity contribution in [3.05, 3.63) is 57.2 Å². The Kier molecular flexibility index (Phi) is 3.69. The quantitative estimate of drug-likeness (QED) is 0.751. The van der Waals surface area contributed by atoms with E-state index in [9.17, 15) is 4.79 Å². The first kappa shape index (κ1) is 16.6. The molecule has 1 fully saturated rings. The van der Waals surface area contributed by atoms with E-state index in [1.165, 1.54) is 22.2 Å². The lowest BCUT2D eigenvalue weighted by Gasteiger charge is -2.40.